The Labute approximate surface area is 166 Å². The third-order valence-corrected chi connectivity index (χ3v) is 7.04. The van der Waals surface area contributed by atoms with Crippen LogP contribution in [0.1, 0.15) is 45.0 Å². The normalized spacial score (nSPS) is 20.9. The molecule has 12 heteroatoms. The Balaban J connectivity index is 1.70. The van der Waals surface area contributed by atoms with Crippen molar-refractivity contribution in [3.63, 3.8) is 0 Å². The number of nitrogens with zero attached hydrogens (tertiary/aromatic N) is 3. The highest BCUT2D eigenvalue weighted by Gasteiger charge is 2.56. The molecule has 2 atom stereocenters. The number of benzene rings is 1. The van der Waals surface area contributed by atoms with Gasteiger partial charge in [0.1, 0.15) is 28.1 Å². The minimum atomic E-state index is -4.74. The molecule has 0 spiro atoms. The Bertz CT molecular complexity index is 1300. The zero-order valence-corrected chi connectivity index (χ0v) is 15.5. The Morgan fingerprint density at radius 1 is 1.03 bits per heavy atom. The fourth-order valence-electron chi connectivity index (χ4n) is 3.98. The summed E-state index contributed by atoms with van der Waals surface area (Å²) in [6, 6.07) is 2.70. The van der Waals surface area contributed by atoms with E-state index in [0.29, 0.717) is 12.3 Å². The second-order valence-electron chi connectivity index (χ2n) is 6.82. The number of halogens is 4. The lowest BCUT2D eigenvalue weighted by Gasteiger charge is -2.32. The zero-order valence-electron chi connectivity index (χ0n) is 14.7. The smallest absolute Gasteiger partial charge is 0.290 e. The van der Waals surface area contributed by atoms with Crippen molar-refractivity contribution < 1.29 is 30.8 Å². The molecule has 154 valence electrons. The van der Waals surface area contributed by atoms with Crippen LogP contribution in [-0.2, 0) is 16.2 Å². The Morgan fingerprint density at radius 2 is 1.80 bits per heavy atom. The number of hydrogen-bond donors (Lipinski definition) is 1. The van der Waals surface area contributed by atoms with Gasteiger partial charge in [-0.2, -0.15) is 22.6 Å². The van der Waals surface area contributed by atoms with Crippen LogP contribution in [-0.4, -0.2) is 33.7 Å². The summed E-state index contributed by atoms with van der Waals surface area (Å²) >= 11 is 0. The molecular weight excluding hydrogens is 428 g/mol. The van der Waals surface area contributed by atoms with Crippen LogP contribution in [0.4, 0.5) is 17.6 Å². The number of carbonyl (C=O) groups excluding carboxylic acids is 1. The summed E-state index contributed by atoms with van der Waals surface area (Å²) in [5, 5.41) is 6.29. The van der Waals surface area contributed by atoms with Gasteiger partial charge in [-0.1, -0.05) is 12.1 Å². The molecule has 2 aliphatic heterocycles. The standard InChI is InChI=1S/C18H10F4N4O3S/c19-11-3-1-2-9-13(11)15-10-7-24-25-14(10)17(27)16(9)26(15)30(28,29)8-4-5-12(23-6-8)18(20,21)22/h1-7,15-16H,(H,24,25). The summed E-state index contributed by atoms with van der Waals surface area (Å²) < 4.78 is 80.6. The van der Waals surface area contributed by atoms with E-state index in [1.165, 1.54) is 18.3 Å². The van der Waals surface area contributed by atoms with Gasteiger partial charge in [0.15, 0.2) is 0 Å². The van der Waals surface area contributed by atoms with Gasteiger partial charge in [0, 0.05) is 17.3 Å². The summed E-state index contributed by atoms with van der Waals surface area (Å²) in [6.45, 7) is 0. The van der Waals surface area contributed by atoms with Crippen molar-refractivity contribution in [3.05, 3.63) is 76.6 Å². The Kier molecular flexibility index (Phi) is 3.75. The largest absolute Gasteiger partial charge is 0.433 e. The number of pyridine rings is 1. The quantitative estimate of drug-likeness (QED) is 0.621. The Morgan fingerprint density at radius 3 is 2.47 bits per heavy atom. The molecule has 0 fully saturated rings. The molecule has 5 rings (SSSR count). The van der Waals surface area contributed by atoms with Crippen LogP contribution in [0.5, 0.6) is 0 Å². The van der Waals surface area contributed by atoms with Gasteiger partial charge in [-0.3, -0.25) is 14.9 Å². The molecule has 0 amide bonds. The van der Waals surface area contributed by atoms with Crippen LogP contribution >= 0.6 is 0 Å². The first-order valence-electron chi connectivity index (χ1n) is 8.55. The van der Waals surface area contributed by atoms with Gasteiger partial charge in [-0.05, 0) is 23.8 Å². The van der Waals surface area contributed by atoms with Crippen LogP contribution in [0.2, 0.25) is 0 Å². The van der Waals surface area contributed by atoms with E-state index in [0.717, 1.165) is 16.4 Å². The number of aromatic amines is 1. The maximum Gasteiger partial charge on any atom is 0.433 e. The highest BCUT2D eigenvalue weighted by atomic mass is 32.2. The van der Waals surface area contributed by atoms with Crippen LogP contribution in [0, 0.1) is 5.82 Å². The fourth-order valence-corrected chi connectivity index (χ4v) is 5.63. The van der Waals surface area contributed by atoms with Crippen molar-refractivity contribution in [1.82, 2.24) is 19.5 Å². The van der Waals surface area contributed by atoms with Crippen molar-refractivity contribution in [1.29, 1.82) is 0 Å². The number of ketones is 1. The van der Waals surface area contributed by atoms with E-state index in [9.17, 15) is 30.8 Å². The van der Waals surface area contributed by atoms with Gasteiger partial charge in [0.25, 0.3) is 0 Å². The number of aromatic nitrogens is 3. The molecule has 1 aromatic carbocycles. The molecule has 0 aliphatic carbocycles. The second kappa shape index (κ2) is 5.95. The highest BCUT2D eigenvalue weighted by molar-refractivity contribution is 7.89. The average molecular weight is 438 g/mol. The summed E-state index contributed by atoms with van der Waals surface area (Å²) in [7, 11) is -4.52. The van der Waals surface area contributed by atoms with Crippen LogP contribution in [0.15, 0.2) is 47.6 Å². The first-order chi connectivity index (χ1) is 14.1. The summed E-state index contributed by atoms with van der Waals surface area (Å²) in [5.41, 5.74) is -0.829. The molecule has 4 heterocycles. The van der Waals surface area contributed by atoms with Crippen LogP contribution in [0.25, 0.3) is 0 Å². The maximum atomic E-state index is 14.7. The number of alkyl halides is 3. The molecule has 2 bridgehead atoms. The molecule has 2 unspecified atom stereocenters. The predicted octanol–water partition coefficient (Wildman–Crippen LogP) is 2.99. The third-order valence-electron chi connectivity index (χ3n) is 5.22. The number of hydrogen-bond acceptors (Lipinski definition) is 5. The van der Waals surface area contributed by atoms with E-state index in [4.69, 9.17) is 0 Å². The Hall–Kier alpha value is -3.12. The van der Waals surface area contributed by atoms with Gasteiger partial charge in [-0.15, -0.1) is 0 Å². The first-order valence-corrected chi connectivity index (χ1v) is 9.99. The third kappa shape index (κ3) is 2.40. The lowest BCUT2D eigenvalue weighted by Crippen LogP contribution is -2.41. The number of sulfonamides is 1. The molecule has 1 N–H and O–H groups in total. The lowest BCUT2D eigenvalue weighted by molar-refractivity contribution is -0.141. The first kappa shape index (κ1) is 18.9. The van der Waals surface area contributed by atoms with Gasteiger partial charge >= 0.3 is 6.18 Å². The zero-order chi connectivity index (χ0) is 21.4. The van der Waals surface area contributed by atoms with Crippen LogP contribution < -0.4 is 0 Å². The predicted molar refractivity (Wildman–Crippen MR) is 92.2 cm³/mol. The topological polar surface area (TPSA) is 96.0 Å². The number of Topliss-reactive ketones (excluding diaryl/α,β-unsaturated/α-hetero) is 1. The molecule has 7 nitrogen and oxygen atoms in total. The van der Waals surface area contributed by atoms with Crippen molar-refractivity contribution in [2.45, 2.75) is 23.2 Å². The molecule has 0 saturated carbocycles. The maximum absolute atomic E-state index is 14.7. The second-order valence-corrected chi connectivity index (χ2v) is 8.67. The number of carbonyl (C=O) groups is 1. The van der Waals surface area contributed by atoms with Gasteiger partial charge in [0.2, 0.25) is 15.8 Å². The summed E-state index contributed by atoms with van der Waals surface area (Å²) in [6.07, 6.45) is -2.93. The SMILES string of the molecule is O=C1c2[nH]ncc2C2c3c(F)cccc3C1N2S(=O)(=O)c1ccc(C(F)(F)F)nc1. The van der Waals surface area contributed by atoms with E-state index in [-0.39, 0.29) is 22.4 Å². The molecule has 0 saturated heterocycles. The van der Waals surface area contributed by atoms with E-state index in [1.807, 2.05) is 0 Å². The van der Waals surface area contributed by atoms with Gasteiger partial charge in [0.05, 0.1) is 12.2 Å². The average Bonchev–Trinajstić information content (AvgIpc) is 3.28. The number of rotatable bonds is 2. The molecule has 2 aromatic heterocycles. The van der Waals surface area contributed by atoms with E-state index in [2.05, 4.69) is 15.2 Å². The molecule has 30 heavy (non-hydrogen) atoms. The minimum Gasteiger partial charge on any atom is -0.290 e. The number of H-pyrrole nitrogens is 1. The van der Waals surface area contributed by atoms with Gasteiger partial charge in [-0.25, -0.2) is 12.8 Å². The lowest BCUT2D eigenvalue weighted by atomic mass is 9.99. The fraction of sp³-hybridized carbons (Fsp3) is 0.167. The van der Waals surface area contributed by atoms with Gasteiger partial charge < -0.3 is 0 Å². The number of fused-ring (bicyclic) bond motifs is 7. The van der Waals surface area contributed by atoms with Crippen molar-refractivity contribution in [2.24, 2.45) is 0 Å². The van der Waals surface area contributed by atoms with E-state index < -0.39 is 50.5 Å². The molecular formula is C18H10F4N4O3S. The van der Waals surface area contributed by atoms with Crippen molar-refractivity contribution in [2.75, 3.05) is 0 Å². The monoisotopic (exact) mass is 438 g/mol. The molecule has 2 aliphatic rings. The van der Waals surface area contributed by atoms with E-state index in [1.54, 1.807) is 0 Å². The molecule has 3 aromatic rings. The van der Waals surface area contributed by atoms with E-state index >= 15 is 0 Å². The minimum absolute atomic E-state index is 0.0134. The highest BCUT2D eigenvalue weighted by Crippen LogP contribution is 2.54. The summed E-state index contributed by atoms with van der Waals surface area (Å²) in [4.78, 5) is 15.7. The summed E-state index contributed by atoms with van der Waals surface area (Å²) in [5.74, 6) is -1.33. The molecule has 0 radical (unpaired) electrons. The van der Waals surface area contributed by atoms with Crippen molar-refractivity contribution in [3.8, 4) is 0 Å². The number of nitrogens with one attached hydrogen (secondary N) is 1. The van der Waals surface area contributed by atoms with Crippen LogP contribution in [0.3, 0.4) is 0 Å². The van der Waals surface area contributed by atoms with Crippen molar-refractivity contribution >= 4 is 15.8 Å².